The lowest BCUT2D eigenvalue weighted by molar-refractivity contribution is -0.218. The number of rotatable bonds is 3. The van der Waals surface area contributed by atoms with Crippen molar-refractivity contribution >= 4 is 11.9 Å². The van der Waals surface area contributed by atoms with Crippen LogP contribution in [0.25, 0.3) is 0 Å². The van der Waals surface area contributed by atoms with Gasteiger partial charge < -0.3 is 9.84 Å². The molecule has 1 aromatic rings. The van der Waals surface area contributed by atoms with Crippen LogP contribution in [0.2, 0.25) is 0 Å². The van der Waals surface area contributed by atoms with Gasteiger partial charge in [-0.3, -0.25) is 4.79 Å². The van der Waals surface area contributed by atoms with Crippen molar-refractivity contribution in [2.24, 2.45) is 5.92 Å². The summed E-state index contributed by atoms with van der Waals surface area (Å²) in [5.74, 6) is -2.12. The molecule has 1 heterocycles. The topological polar surface area (TPSA) is 63.6 Å². The summed E-state index contributed by atoms with van der Waals surface area (Å²) >= 11 is 0. The van der Waals surface area contributed by atoms with E-state index in [0.717, 1.165) is 5.56 Å². The molecule has 1 aliphatic heterocycles. The fourth-order valence-corrected chi connectivity index (χ4v) is 1.84. The first-order valence-electron chi connectivity index (χ1n) is 5.04. The summed E-state index contributed by atoms with van der Waals surface area (Å²) in [6.45, 7) is 1.43. The second-order valence-electron chi connectivity index (χ2n) is 4.08. The summed E-state index contributed by atoms with van der Waals surface area (Å²) < 4.78 is 4.73. The second-order valence-corrected chi connectivity index (χ2v) is 4.08. The second kappa shape index (κ2) is 3.63. The highest BCUT2D eigenvalue weighted by molar-refractivity contribution is 5.94. The van der Waals surface area contributed by atoms with Gasteiger partial charge in [0.1, 0.15) is 5.92 Å². The van der Waals surface area contributed by atoms with E-state index >= 15 is 0 Å². The molecular weight excluding hydrogens is 208 g/mol. The Labute approximate surface area is 92.8 Å². The molecule has 0 amide bonds. The molecule has 2 atom stereocenters. The Hall–Kier alpha value is -1.84. The van der Waals surface area contributed by atoms with Gasteiger partial charge in [0, 0.05) is 0 Å². The maximum atomic E-state index is 11.3. The predicted octanol–water partition coefficient (Wildman–Crippen LogP) is 1.25. The van der Waals surface area contributed by atoms with Crippen LogP contribution < -0.4 is 0 Å². The number of carboxylic acids is 1. The lowest BCUT2D eigenvalue weighted by atomic mass is 9.79. The van der Waals surface area contributed by atoms with Crippen molar-refractivity contribution in [3.63, 3.8) is 0 Å². The zero-order valence-corrected chi connectivity index (χ0v) is 8.84. The number of carbonyl (C=O) groups is 2. The van der Waals surface area contributed by atoms with Crippen molar-refractivity contribution < 1.29 is 19.4 Å². The molecule has 4 nitrogen and oxygen atoms in total. The van der Waals surface area contributed by atoms with Crippen LogP contribution in [0.15, 0.2) is 30.3 Å². The average molecular weight is 220 g/mol. The summed E-state index contributed by atoms with van der Waals surface area (Å²) in [4.78, 5) is 22.2. The third-order valence-electron chi connectivity index (χ3n) is 2.97. The summed E-state index contributed by atoms with van der Waals surface area (Å²) in [5, 5.41) is 8.98. The molecule has 0 bridgehead atoms. The maximum Gasteiger partial charge on any atom is 0.348 e. The zero-order valence-electron chi connectivity index (χ0n) is 8.84. The van der Waals surface area contributed by atoms with Gasteiger partial charge in [-0.2, -0.15) is 0 Å². The molecule has 1 N–H and O–H groups in total. The number of aliphatic carboxylic acids is 1. The molecule has 0 unspecified atom stereocenters. The highest BCUT2D eigenvalue weighted by Gasteiger charge is 2.58. The van der Waals surface area contributed by atoms with E-state index in [1.54, 1.807) is 0 Å². The SMILES string of the molecule is C[C@]1(C(=O)O)OC(=O)[C@@H]1Cc1ccccc1. The van der Waals surface area contributed by atoms with Crippen molar-refractivity contribution in [2.45, 2.75) is 18.9 Å². The largest absolute Gasteiger partial charge is 0.478 e. The fourth-order valence-electron chi connectivity index (χ4n) is 1.84. The van der Waals surface area contributed by atoms with E-state index < -0.39 is 23.5 Å². The lowest BCUT2D eigenvalue weighted by Gasteiger charge is -2.41. The van der Waals surface area contributed by atoms with Gasteiger partial charge in [0.25, 0.3) is 0 Å². The summed E-state index contributed by atoms with van der Waals surface area (Å²) in [6, 6.07) is 9.33. The standard InChI is InChI=1S/C12H12O4/c1-12(11(14)15)9(10(13)16-12)7-8-5-3-2-4-6-8/h2-6,9H,7H2,1H3,(H,14,15)/t9-,12-/m0/s1. The van der Waals surface area contributed by atoms with Gasteiger partial charge in [0.2, 0.25) is 5.60 Å². The van der Waals surface area contributed by atoms with Crippen LogP contribution >= 0.6 is 0 Å². The van der Waals surface area contributed by atoms with Gasteiger partial charge in [-0.05, 0) is 18.9 Å². The van der Waals surface area contributed by atoms with E-state index in [4.69, 9.17) is 9.84 Å². The molecule has 0 spiro atoms. The van der Waals surface area contributed by atoms with E-state index in [1.165, 1.54) is 6.92 Å². The summed E-state index contributed by atoms with van der Waals surface area (Å²) in [5.41, 5.74) is -0.427. The number of hydrogen-bond acceptors (Lipinski definition) is 3. The Morgan fingerprint density at radius 3 is 2.56 bits per heavy atom. The van der Waals surface area contributed by atoms with Gasteiger partial charge >= 0.3 is 11.9 Å². The minimum Gasteiger partial charge on any atom is -0.478 e. The quantitative estimate of drug-likeness (QED) is 0.778. The van der Waals surface area contributed by atoms with Crippen molar-refractivity contribution in [1.82, 2.24) is 0 Å². The summed E-state index contributed by atoms with van der Waals surface area (Å²) in [7, 11) is 0. The molecule has 0 aliphatic carbocycles. The average Bonchev–Trinajstić information content (AvgIpc) is 2.27. The first-order valence-corrected chi connectivity index (χ1v) is 5.04. The van der Waals surface area contributed by atoms with E-state index in [1.807, 2.05) is 30.3 Å². The van der Waals surface area contributed by atoms with E-state index in [2.05, 4.69) is 0 Å². The molecular formula is C12H12O4. The number of benzene rings is 1. The van der Waals surface area contributed by atoms with E-state index in [-0.39, 0.29) is 0 Å². The van der Waals surface area contributed by atoms with E-state index in [0.29, 0.717) is 6.42 Å². The van der Waals surface area contributed by atoms with E-state index in [9.17, 15) is 9.59 Å². The van der Waals surface area contributed by atoms with Crippen molar-refractivity contribution in [3.05, 3.63) is 35.9 Å². The highest BCUT2D eigenvalue weighted by atomic mass is 16.6. The molecule has 1 saturated heterocycles. The smallest absolute Gasteiger partial charge is 0.348 e. The number of esters is 1. The Morgan fingerprint density at radius 1 is 1.44 bits per heavy atom. The number of carboxylic acid groups (broad SMARTS) is 1. The number of carbonyl (C=O) groups excluding carboxylic acids is 1. The summed E-state index contributed by atoms with van der Waals surface area (Å²) in [6.07, 6.45) is 0.405. The lowest BCUT2D eigenvalue weighted by Crippen LogP contribution is -2.61. The normalized spacial score (nSPS) is 28.1. The van der Waals surface area contributed by atoms with Crippen LogP contribution in [0.1, 0.15) is 12.5 Å². The molecule has 0 saturated carbocycles. The Morgan fingerprint density at radius 2 is 2.06 bits per heavy atom. The van der Waals surface area contributed by atoms with Crippen molar-refractivity contribution in [3.8, 4) is 0 Å². The minimum atomic E-state index is -1.37. The van der Waals surface area contributed by atoms with Crippen LogP contribution in [0.3, 0.4) is 0 Å². The Kier molecular flexibility index (Phi) is 2.42. The van der Waals surface area contributed by atoms with Crippen LogP contribution in [-0.4, -0.2) is 22.6 Å². The minimum absolute atomic E-state index is 0.405. The molecule has 16 heavy (non-hydrogen) atoms. The first-order chi connectivity index (χ1) is 7.54. The monoisotopic (exact) mass is 220 g/mol. The number of hydrogen-bond donors (Lipinski definition) is 1. The molecule has 2 rings (SSSR count). The third kappa shape index (κ3) is 1.56. The molecule has 84 valence electrons. The predicted molar refractivity (Wildman–Crippen MR) is 55.8 cm³/mol. The van der Waals surface area contributed by atoms with Crippen LogP contribution in [0.4, 0.5) is 0 Å². The van der Waals surface area contributed by atoms with Crippen LogP contribution in [0, 0.1) is 5.92 Å². The van der Waals surface area contributed by atoms with Gasteiger partial charge in [0.05, 0.1) is 0 Å². The van der Waals surface area contributed by atoms with Crippen LogP contribution in [-0.2, 0) is 20.7 Å². The van der Waals surface area contributed by atoms with Crippen LogP contribution in [0.5, 0.6) is 0 Å². The van der Waals surface area contributed by atoms with Crippen molar-refractivity contribution in [2.75, 3.05) is 0 Å². The fraction of sp³-hybridized carbons (Fsp3) is 0.333. The Bertz CT molecular complexity index is 426. The van der Waals surface area contributed by atoms with Gasteiger partial charge in [-0.25, -0.2) is 4.79 Å². The Balaban J connectivity index is 2.16. The number of cyclic esters (lactones) is 1. The molecule has 1 aromatic carbocycles. The third-order valence-corrected chi connectivity index (χ3v) is 2.97. The van der Waals surface area contributed by atoms with Gasteiger partial charge in [-0.1, -0.05) is 30.3 Å². The molecule has 0 radical (unpaired) electrons. The number of ether oxygens (including phenoxy) is 1. The van der Waals surface area contributed by atoms with Gasteiger partial charge in [-0.15, -0.1) is 0 Å². The molecule has 0 aromatic heterocycles. The molecule has 1 aliphatic rings. The van der Waals surface area contributed by atoms with Crippen molar-refractivity contribution in [1.29, 1.82) is 0 Å². The zero-order chi connectivity index (χ0) is 11.8. The molecule has 1 fully saturated rings. The first kappa shape index (κ1) is 10.7. The molecule has 4 heteroatoms. The highest BCUT2D eigenvalue weighted by Crippen LogP contribution is 2.36. The van der Waals surface area contributed by atoms with Gasteiger partial charge in [0.15, 0.2) is 0 Å². The maximum absolute atomic E-state index is 11.3.